The van der Waals surface area contributed by atoms with Gasteiger partial charge in [-0.1, -0.05) is 6.07 Å². The zero-order chi connectivity index (χ0) is 13.7. The molecule has 0 unspecified atom stereocenters. The average Bonchev–Trinajstić information content (AvgIpc) is 2.46. The molecule has 1 aliphatic rings. The molecule has 1 fully saturated rings. The number of hydrogen-bond acceptors (Lipinski definition) is 4. The van der Waals surface area contributed by atoms with Crippen molar-refractivity contribution in [2.24, 2.45) is 5.73 Å². The van der Waals surface area contributed by atoms with Crippen LogP contribution in [0.5, 0.6) is 5.75 Å². The number of ether oxygens (including phenoxy) is 2. The van der Waals surface area contributed by atoms with E-state index in [1.807, 2.05) is 12.1 Å². The van der Waals surface area contributed by atoms with Crippen molar-refractivity contribution in [1.82, 2.24) is 0 Å². The quantitative estimate of drug-likeness (QED) is 0.902. The Hall–Kier alpha value is -1.57. The zero-order valence-corrected chi connectivity index (χ0v) is 11.3. The molecule has 0 radical (unpaired) electrons. The van der Waals surface area contributed by atoms with Crippen molar-refractivity contribution in [2.45, 2.75) is 44.4 Å². The first-order valence-corrected chi connectivity index (χ1v) is 6.67. The molecule has 19 heavy (non-hydrogen) atoms. The van der Waals surface area contributed by atoms with Crippen molar-refractivity contribution in [3.05, 3.63) is 29.3 Å². The van der Waals surface area contributed by atoms with E-state index in [0.717, 1.165) is 31.2 Å². The molecule has 0 spiro atoms. The van der Waals surface area contributed by atoms with E-state index in [1.54, 1.807) is 13.2 Å². The van der Waals surface area contributed by atoms with Crippen LogP contribution in [-0.2, 0) is 11.3 Å². The molecule has 0 atom stereocenters. The standard InChI is InChI=1S/C15H20N2O2/c1-18-15-8-11(2-3-12(15)9-16)10-19-14-6-4-13(17)5-7-14/h2-3,8,13-14H,4-7,10,17H2,1H3. The monoisotopic (exact) mass is 260 g/mol. The number of methoxy groups -OCH3 is 1. The Balaban J connectivity index is 1.91. The van der Waals surface area contributed by atoms with E-state index in [0.29, 0.717) is 30.1 Å². The minimum absolute atomic E-state index is 0.307. The van der Waals surface area contributed by atoms with E-state index in [-0.39, 0.29) is 0 Å². The summed E-state index contributed by atoms with van der Waals surface area (Å²) in [5.41, 5.74) is 7.46. The van der Waals surface area contributed by atoms with Crippen LogP contribution in [-0.4, -0.2) is 19.3 Å². The Labute approximate surface area is 114 Å². The largest absolute Gasteiger partial charge is 0.495 e. The van der Waals surface area contributed by atoms with Gasteiger partial charge in [0.15, 0.2) is 0 Å². The molecule has 1 aliphatic carbocycles. The van der Waals surface area contributed by atoms with Gasteiger partial charge >= 0.3 is 0 Å². The van der Waals surface area contributed by atoms with Crippen LogP contribution in [0.15, 0.2) is 18.2 Å². The van der Waals surface area contributed by atoms with Gasteiger partial charge in [-0.3, -0.25) is 0 Å². The highest BCUT2D eigenvalue weighted by Gasteiger charge is 2.18. The fourth-order valence-electron chi connectivity index (χ4n) is 2.39. The summed E-state index contributed by atoms with van der Waals surface area (Å²) >= 11 is 0. The molecule has 2 rings (SSSR count). The summed E-state index contributed by atoms with van der Waals surface area (Å²) in [6.45, 7) is 0.558. The van der Waals surface area contributed by atoms with E-state index in [9.17, 15) is 0 Å². The predicted octanol–water partition coefficient (Wildman–Crippen LogP) is 2.35. The second kappa shape index (κ2) is 6.55. The number of nitrogens with zero attached hydrogens (tertiary/aromatic N) is 1. The summed E-state index contributed by atoms with van der Waals surface area (Å²) in [6, 6.07) is 8.00. The van der Waals surface area contributed by atoms with Crippen LogP contribution in [0.25, 0.3) is 0 Å². The zero-order valence-electron chi connectivity index (χ0n) is 11.3. The summed E-state index contributed by atoms with van der Waals surface area (Å²) in [7, 11) is 1.57. The van der Waals surface area contributed by atoms with Crippen molar-refractivity contribution < 1.29 is 9.47 Å². The summed E-state index contributed by atoms with van der Waals surface area (Å²) in [5.74, 6) is 0.606. The van der Waals surface area contributed by atoms with Crippen LogP contribution in [0.1, 0.15) is 36.8 Å². The molecule has 2 N–H and O–H groups in total. The predicted molar refractivity (Wildman–Crippen MR) is 72.7 cm³/mol. The summed E-state index contributed by atoms with van der Waals surface area (Å²) in [6.07, 6.45) is 4.47. The normalized spacial score (nSPS) is 22.8. The van der Waals surface area contributed by atoms with Crippen LogP contribution in [0.2, 0.25) is 0 Å². The van der Waals surface area contributed by atoms with Gasteiger partial charge in [-0.2, -0.15) is 5.26 Å². The first kappa shape index (κ1) is 13.9. The number of nitrogens with two attached hydrogens (primary N) is 1. The highest BCUT2D eigenvalue weighted by atomic mass is 16.5. The Morgan fingerprint density at radius 3 is 2.68 bits per heavy atom. The van der Waals surface area contributed by atoms with Crippen LogP contribution >= 0.6 is 0 Å². The smallest absolute Gasteiger partial charge is 0.136 e. The molecular formula is C15H20N2O2. The Morgan fingerprint density at radius 1 is 1.32 bits per heavy atom. The molecule has 1 saturated carbocycles. The van der Waals surface area contributed by atoms with Gasteiger partial charge in [0.25, 0.3) is 0 Å². The molecule has 0 heterocycles. The molecule has 0 aliphatic heterocycles. The van der Waals surface area contributed by atoms with E-state index >= 15 is 0 Å². The van der Waals surface area contributed by atoms with Gasteiger partial charge < -0.3 is 15.2 Å². The lowest BCUT2D eigenvalue weighted by Gasteiger charge is -2.26. The maximum absolute atomic E-state index is 8.93. The Kier molecular flexibility index (Phi) is 4.78. The Morgan fingerprint density at radius 2 is 2.05 bits per heavy atom. The van der Waals surface area contributed by atoms with Gasteiger partial charge in [-0.05, 0) is 43.4 Å². The SMILES string of the molecule is COc1cc(COC2CCC(N)CC2)ccc1C#N. The average molecular weight is 260 g/mol. The second-order valence-electron chi connectivity index (χ2n) is 4.99. The van der Waals surface area contributed by atoms with Crippen LogP contribution in [0.3, 0.4) is 0 Å². The molecule has 1 aromatic rings. The molecule has 0 saturated heterocycles. The molecular weight excluding hydrogens is 240 g/mol. The van der Waals surface area contributed by atoms with Gasteiger partial charge in [0, 0.05) is 6.04 Å². The number of benzene rings is 1. The van der Waals surface area contributed by atoms with Gasteiger partial charge in [-0.15, -0.1) is 0 Å². The third kappa shape index (κ3) is 3.69. The van der Waals surface area contributed by atoms with Gasteiger partial charge in [0.2, 0.25) is 0 Å². The van der Waals surface area contributed by atoms with Crippen molar-refractivity contribution >= 4 is 0 Å². The number of hydrogen-bond donors (Lipinski definition) is 1. The third-order valence-corrected chi connectivity index (χ3v) is 3.59. The summed E-state index contributed by atoms with van der Waals surface area (Å²) < 4.78 is 11.1. The minimum atomic E-state index is 0.307. The van der Waals surface area contributed by atoms with Crippen molar-refractivity contribution in [3.8, 4) is 11.8 Å². The fraction of sp³-hybridized carbons (Fsp3) is 0.533. The maximum Gasteiger partial charge on any atom is 0.136 e. The van der Waals surface area contributed by atoms with Crippen molar-refractivity contribution in [1.29, 1.82) is 5.26 Å². The van der Waals surface area contributed by atoms with Crippen LogP contribution in [0, 0.1) is 11.3 Å². The lowest BCUT2D eigenvalue weighted by molar-refractivity contribution is 0.0137. The Bertz CT molecular complexity index is 460. The third-order valence-electron chi connectivity index (χ3n) is 3.59. The molecule has 0 aromatic heterocycles. The fourth-order valence-corrected chi connectivity index (χ4v) is 2.39. The van der Waals surface area contributed by atoms with Crippen LogP contribution < -0.4 is 10.5 Å². The van der Waals surface area contributed by atoms with Gasteiger partial charge in [0.1, 0.15) is 11.8 Å². The number of rotatable bonds is 4. The highest BCUT2D eigenvalue weighted by molar-refractivity contribution is 5.45. The number of nitriles is 1. The summed E-state index contributed by atoms with van der Waals surface area (Å²) in [5, 5.41) is 8.93. The van der Waals surface area contributed by atoms with Crippen LogP contribution in [0.4, 0.5) is 0 Å². The molecule has 102 valence electrons. The van der Waals surface area contributed by atoms with E-state index in [4.69, 9.17) is 20.5 Å². The van der Waals surface area contributed by atoms with E-state index < -0.39 is 0 Å². The molecule has 0 amide bonds. The van der Waals surface area contributed by atoms with Gasteiger partial charge in [0.05, 0.1) is 25.4 Å². The first-order valence-electron chi connectivity index (χ1n) is 6.67. The lowest BCUT2D eigenvalue weighted by atomic mass is 9.94. The molecule has 4 heteroatoms. The van der Waals surface area contributed by atoms with E-state index in [2.05, 4.69) is 6.07 Å². The molecule has 4 nitrogen and oxygen atoms in total. The van der Waals surface area contributed by atoms with E-state index in [1.165, 1.54) is 0 Å². The lowest BCUT2D eigenvalue weighted by Crippen LogP contribution is -2.30. The minimum Gasteiger partial charge on any atom is -0.495 e. The van der Waals surface area contributed by atoms with Crippen molar-refractivity contribution in [3.63, 3.8) is 0 Å². The molecule has 0 bridgehead atoms. The first-order chi connectivity index (χ1) is 9.22. The maximum atomic E-state index is 8.93. The topological polar surface area (TPSA) is 68.3 Å². The second-order valence-corrected chi connectivity index (χ2v) is 4.99. The van der Waals surface area contributed by atoms with Crippen molar-refractivity contribution in [2.75, 3.05) is 7.11 Å². The highest BCUT2D eigenvalue weighted by Crippen LogP contribution is 2.23. The summed E-state index contributed by atoms with van der Waals surface area (Å²) in [4.78, 5) is 0. The van der Waals surface area contributed by atoms with Gasteiger partial charge in [-0.25, -0.2) is 0 Å². The molecule has 1 aromatic carbocycles.